The summed E-state index contributed by atoms with van der Waals surface area (Å²) in [5.74, 6) is 5.50. The second-order valence-electron chi connectivity index (χ2n) is 12.6. The standard InChI is InChI=1S/C28H48O/c1-18(2)8-7-9-19(3)22-12-13-24-21-10-11-23-20(4)26(29)15-17-28(23,6)25(21)14-16-27(22,24)5/h18-19,21-22,24-26,29H,7-17H2,1-6H3/t19-,21+,22-,24+,25+,26-,27-,28+/m1/s1. The molecule has 0 bridgehead atoms. The Bertz CT molecular complexity index is 632. The van der Waals surface area contributed by atoms with Gasteiger partial charge in [-0.2, -0.15) is 0 Å². The minimum absolute atomic E-state index is 0.161. The summed E-state index contributed by atoms with van der Waals surface area (Å²) < 4.78 is 0. The predicted molar refractivity (Wildman–Crippen MR) is 124 cm³/mol. The third kappa shape index (κ3) is 3.56. The van der Waals surface area contributed by atoms with Gasteiger partial charge in [0.15, 0.2) is 0 Å². The molecular weight excluding hydrogens is 352 g/mol. The minimum Gasteiger partial charge on any atom is -0.389 e. The van der Waals surface area contributed by atoms with Crippen LogP contribution in [0.3, 0.4) is 0 Å². The van der Waals surface area contributed by atoms with Crippen molar-refractivity contribution in [3.05, 3.63) is 11.1 Å². The fourth-order valence-corrected chi connectivity index (χ4v) is 9.16. The molecule has 0 aromatic rings. The normalized spacial score (nSPS) is 45.7. The molecule has 4 aliphatic rings. The zero-order chi connectivity index (χ0) is 21.0. The predicted octanol–water partition coefficient (Wildman–Crippen LogP) is 7.78. The second kappa shape index (κ2) is 7.99. The van der Waals surface area contributed by atoms with E-state index in [2.05, 4.69) is 41.5 Å². The Morgan fingerprint density at radius 2 is 1.69 bits per heavy atom. The van der Waals surface area contributed by atoms with E-state index < -0.39 is 0 Å². The van der Waals surface area contributed by atoms with Crippen molar-refractivity contribution >= 4 is 0 Å². The van der Waals surface area contributed by atoms with Gasteiger partial charge in [0.2, 0.25) is 0 Å². The third-order valence-electron chi connectivity index (χ3n) is 10.8. The molecule has 0 amide bonds. The fourth-order valence-electron chi connectivity index (χ4n) is 9.16. The monoisotopic (exact) mass is 400 g/mol. The third-order valence-corrected chi connectivity index (χ3v) is 10.8. The van der Waals surface area contributed by atoms with Crippen molar-refractivity contribution in [3.8, 4) is 0 Å². The highest BCUT2D eigenvalue weighted by molar-refractivity contribution is 5.30. The molecule has 1 nitrogen and oxygen atoms in total. The molecule has 0 aromatic carbocycles. The molecule has 0 aliphatic heterocycles. The largest absolute Gasteiger partial charge is 0.389 e. The molecule has 3 saturated carbocycles. The topological polar surface area (TPSA) is 20.2 Å². The maximum atomic E-state index is 10.5. The molecule has 166 valence electrons. The van der Waals surface area contributed by atoms with E-state index in [9.17, 15) is 5.11 Å². The lowest BCUT2D eigenvalue weighted by Crippen LogP contribution is -2.51. The van der Waals surface area contributed by atoms with Crippen molar-refractivity contribution in [2.75, 3.05) is 0 Å². The van der Waals surface area contributed by atoms with Gasteiger partial charge < -0.3 is 5.11 Å². The first kappa shape index (κ1) is 21.9. The van der Waals surface area contributed by atoms with E-state index in [1.165, 1.54) is 69.8 Å². The van der Waals surface area contributed by atoms with E-state index in [0.717, 1.165) is 41.9 Å². The molecule has 4 aliphatic carbocycles. The van der Waals surface area contributed by atoms with Crippen molar-refractivity contribution in [1.82, 2.24) is 0 Å². The van der Waals surface area contributed by atoms with Gasteiger partial charge in [-0.15, -0.1) is 0 Å². The van der Waals surface area contributed by atoms with Gasteiger partial charge in [0.05, 0.1) is 6.10 Å². The van der Waals surface area contributed by atoms with Gasteiger partial charge in [0.1, 0.15) is 0 Å². The van der Waals surface area contributed by atoms with Crippen LogP contribution in [-0.4, -0.2) is 11.2 Å². The van der Waals surface area contributed by atoms with Crippen molar-refractivity contribution in [2.24, 2.45) is 46.3 Å². The molecule has 3 fully saturated rings. The Hall–Kier alpha value is -0.300. The summed E-state index contributed by atoms with van der Waals surface area (Å²) in [4.78, 5) is 0. The molecule has 0 heterocycles. The molecule has 1 heteroatoms. The number of hydrogen-bond acceptors (Lipinski definition) is 1. The zero-order valence-corrected chi connectivity index (χ0v) is 20.3. The van der Waals surface area contributed by atoms with E-state index >= 15 is 0 Å². The number of hydrogen-bond donors (Lipinski definition) is 1. The minimum atomic E-state index is -0.161. The zero-order valence-electron chi connectivity index (χ0n) is 20.3. The van der Waals surface area contributed by atoms with Crippen LogP contribution in [0.2, 0.25) is 0 Å². The number of fused-ring (bicyclic) bond motifs is 5. The SMILES string of the molecule is CC1=C2CC[C@H]3[C@@H]4CC[C@H]([C@H](C)CCCC(C)C)[C@@]4(C)CC[C@@H]3[C@@]2(C)CC[C@H]1O. The summed E-state index contributed by atoms with van der Waals surface area (Å²) in [5.41, 5.74) is 3.99. The van der Waals surface area contributed by atoms with Gasteiger partial charge >= 0.3 is 0 Å². The van der Waals surface area contributed by atoms with E-state index in [1.807, 2.05) is 0 Å². The van der Waals surface area contributed by atoms with Crippen LogP contribution in [0.1, 0.15) is 112 Å². The van der Waals surface area contributed by atoms with Gasteiger partial charge in [-0.3, -0.25) is 0 Å². The van der Waals surface area contributed by atoms with Crippen molar-refractivity contribution in [1.29, 1.82) is 0 Å². The lowest BCUT2D eigenvalue weighted by atomic mass is 9.46. The van der Waals surface area contributed by atoms with Crippen molar-refractivity contribution in [2.45, 2.75) is 118 Å². The molecule has 0 aromatic heterocycles. The summed E-state index contributed by atoms with van der Waals surface area (Å²) in [5, 5.41) is 10.5. The van der Waals surface area contributed by atoms with Crippen LogP contribution < -0.4 is 0 Å². The van der Waals surface area contributed by atoms with Crippen LogP contribution in [0.5, 0.6) is 0 Å². The molecule has 4 rings (SSSR count). The van der Waals surface area contributed by atoms with Crippen LogP contribution in [0.4, 0.5) is 0 Å². The average molecular weight is 401 g/mol. The maximum absolute atomic E-state index is 10.5. The lowest BCUT2D eigenvalue weighted by Gasteiger charge is -2.59. The number of aliphatic hydroxyl groups excluding tert-OH is 1. The van der Waals surface area contributed by atoms with Gasteiger partial charge in [0, 0.05) is 0 Å². The molecule has 0 spiro atoms. The molecule has 0 saturated heterocycles. The second-order valence-corrected chi connectivity index (χ2v) is 12.6. The van der Waals surface area contributed by atoms with E-state index in [-0.39, 0.29) is 6.10 Å². The maximum Gasteiger partial charge on any atom is 0.0750 e. The first-order valence-corrected chi connectivity index (χ1v) is 13.1. The Morgan fingerprint density at radius 1 is 0.931 bits per heavy atom. The van der Waals surface area contributed by atoms with Crippen LogP contribution in [0.15, 0.2) is 11.1 Å². The Balaban J connectivity index is 1.51. The summed E-state index contributed by atoms with van der Waals surface area (Å²) in [6.07, 6.45) is 14.9. The quantitative estimate of drug-likeness (QED) is 0.467. The van der Waals surface area contributed by atoms with Crippen LogP contribution in [0.25, 0.3) is 0 Å². The van der Waals surface area contributed by atoms with Gasteiger partial charge in [-0.1, -0.05) is 59.5 Å². The molecule has 0 radical (unpaired) electrons. The fraction of sp³-hybridized carbons (Fsp3) is 0.929. The van der Waals surface area contributed by atoms with E-state index in [4.69, 9.17) is 0 Å². The molecule has 0 unspecified atom stereocenters. The van der Waals surface area contributed by atoms with Crippen LogP contribution in [0, 0.1) is 46.3 Å². The Morgan fingerprint density at radius 3 is 2.41 bits per heavy atom. The number of allylic oxidation sites excluding steroid dienone is 1. The van der Waals surface area contributed by atoms with Crippen molar-refractivity contribution in [3.63, 3.8) is 0 Å². The average Bonchev–Trinajstić information content (AvgIpc) is 3.02. The van der Waals surface area contributed by atoms with Crippen LogP contribution >= 0.6 is 0 Å². The molecule has 1 N–H and O–H groups in total. The molecule has 29 heavy (non-hydrogen) atoms. The highest BCUT2D eigenvalue weighted by Gasteiger charge is 2.59. The van der Waals surface area contributed by atoms with Gasteiger partial charge in [-0.25, -0.2) is 0 Å². The number of rotatable bonds is 5. The summed E-state index contributed by atoms with van der Waals surface area (Å²) in [6, 6.07) is 0. The van der Waals surface area contributed by atoms with E-state index in [0.29, 0.717) is 10.8 Å². The summed E-state index contributed by atoms with van der Waals surface area (Å²) in [7, 11) is 0. The summed E-state index contributed by atoms with van der Waals surface area (Å²) >= 11 is 0. The first-order chi connectivity index (χ1) is 13.7. The Kier molecular flexibility index (Phi) is 6.04. The van der Waals surface area contributed by atoms with Crippen molar-refractivity contribution < 1.29 is 5.11 Å². The van der Waals surface area contributed by atoms with Gasteiger partial charge in [0.25, 0.3) is 0 Å². The van der Waals surface area contributed by atoms with E-state index in [1.54, 1.807) is 5.57 Å². The highest BCUT2D eigenvalue weighted by Crippen LogP contribution is 2.68. The molecule has 8 atom stereocenters. The highest BCUT2D eigenvalue weighted by atomic mass is 16.3. The Labute approximate surface area is 181 Å². The smallest absolute Gasteiger partial charge is 0.0750 e. The van der Waals surface area contributed by atoms with Crippen LogP contribution in [-0.2, 0) is 0 Å². The first-order valence-electron chi connectivity index (χ1n) is 13.1. The van der Waals surface area contributed by atoms with Gasteiger partial charge in [-0.05, 0) is 110 Å². The number of aliphatic hydroxyl groups is 1. The lowest BCUT2D eigenvalue weighted by molar-refractivity contribution is -0.0638. The molecular formula is C28H48O. The summed E-state index contributed by atoms with van der Waals surface area (Å²) in [6.45, 7) is 14.8.